The van der Waals surface area contributed by atoms with E-state index in [1.54, 1.807) is 54.6 Å². The van der Waals surface area contributed by atoms with Crippen LogP contribution in [-0.2, 0) is 26.6 Å². The first-order valence-corrected chi connectivity index (χ1v) is 18.8. The van der Waals surface area contributed by atoms with Gasteiger partial charge in [0.05, 0.1) is 27.2 Å². The largest absolute Gasteiger partial charge is 0.457 e. The third-order valence-corrected chi connectivity index (χ3v) is 10.8. The maximum atomic E-state index is 14.4. The molecule has 0 aliphatic heterocycles. The van der Waals surface area contributed by atoms with Crippen LogP contribution in [0.25, 0.3) is 10.6 Å². The van der Waals surface area contributed by atoms with Crippen molar-refractivity contribution in [2.75, 3.05) is 6.26 Å². The SMILES string of the molecule is CS(=O)(=O)c1cccc(Oc2cccc(-c3nn(Cc4ccc(C(F)(F)P(=O)(O)O)c(Br)c4)/c(=N/c4ccc(Cl)c(Cl)c4)s3)c2)c1. The molecule has 0 bridgehead atoms. The van der Waals surface area contributed by atoms with Crippen LogP contribution in [0.15, 0.2) is 99.3 Å². The Labute approximate surface area is 284 Å². The molecule has 0 aliphatic carbocycles. The van der Waals surface area contributed by atoms with Gasteiger partial charge in [0.2, 0.25) is 4.80 Å². The second-order valence-corrected chi connectivity index (χ2v) is 16.1. The summed E-state index contributed by atoms with van der Waals surface area (Å²) in [7, 11) is -9.21. The van der Waals surface area contributed by atoms with Gasteiger partial charge in [0.1, 0.15) is 16.5 Å². The normalized spacial score (nSPS) is 12.8. The van der Waals surface area contributed by atoms with Gasteiger partial charge in [-0.3, -0.25) is 4.57 Å². The third-order valence-electron chi connectivity index (χ3n) is 6.35. The van der Waals surface area contributed by atoms with E-state index in [2.05, 4.69) is 20.9 Å². The number of hydrogen-bond acceptors (Lipinski definition) is 7. The minimum atomic E-state index is -5.77. The lowest BCUT2D eigenvalue weighted by molar-refractivity contribution is 0.0557. The third kappa shape index (κ3) is 7.77. The number of nitrogens with zero attached hydrogens (tertiary/aromatic N) is 3. The van der Waals surface area contributed by atoms with Crippen molar-refractivity contribution in [3.63, 3.8) is 0 Å². The minimum Gasteiger partial charge on any atom is -0.457 e. The number of ether oxygens (including phenoxy) is 1. The zero-order chi connectivity index (χ0) is 33.4. The summed E-state index contributed by atoms with van der Waals surface area (Å²) in [5.74, 6) is 0.737. The van der Waals surface area contributed by atoms with E-state index in [9.17, 15) is 21.8 Å². The zero-order valence-electron chi connectivity index (χ0n) is 23.3. The van der Waals surface area contributed by atoms with Gasteiger partial charge < -0.3 is 14.5 Å². The maximum absolute atomic E-state index is 14.4. The van der Waals surface area contributed by atoms with Crippen molar-refractivity contribution in [3.05, 3.63) is 115 Å². The summed E-state index contributed by atoms with van der Waals surface area (Å²) in [4.78, 5) is 23.5. The van der Waals surface area contributed by atoms with Crippen LogP contribution >= 0.6 is 58.1 Å². The molecule has 0 saturated heterocycles. The van der Waals surface area contributed by atoms with Gasteiger partial charge in [0.25, 0.3) is 0 Å². The summed E-state index contributed by atoms with van der Waals surface area (Å²) in [5.41, 5.74) is -3.65. The van der Waals surface area contributed by atoms with E-state index in [0.717, 1.165) is 12.3 Å². The van der Waals surface area contributed by atoms with Gasteiger partial charge in [-0.25, -0.2) is 18.1 Å². The Morgan fingerprint density at radius 2 is 1.70 bits per heavy atom. The molecule has 0 radical (unpaired) electrons. The number of rotatable bonds is 9. The van der Waals surface area contributed by atoms with Crippen LogP contribution in [0, 0.1) is 0 Å². The second kappa shape index (κ2) is 13.3. The van der Waals surface area contributed by atoms with Crippen molar-refractivity contribution in [1.82, 2.24) is 9.78 Å². The molecular formula is C29H21BrCl2F2N3O6PS2. The monoisotopic (exact) mass is 789 g/mol. The molecule has 9 nitrogen and oxygen atoms in total. The molecule has 46 heavy (non-hydrogen) atoms. The van der Waals surface area contributed by atoms with Gasteiger partial charge >= 0.3 is 13.3 Å². The number of alkyl halides is 2. The molecule has 4 aromatic carbocycles. The fraction of sp³-hybridized carbons (Fsp3) is 0.103. The molecule has 0 atom stereocenters. The van der Waals surface area contributed by atoms with E-state index in [-0.39, 0.29) is 20.9 Å². The highest BCUT2D eigenvalue weighted by Gasteiger charge is 2.51. The van der Waals surface area contributed by atoms with Crippen LogP contribution < -0.4 is 9.54 Å². The molecule has 0 spiro atoms. The van der Waals surface area contributed by atoms with Gasteiger partial charge in [-0.1, -0.05) is 80.8 Å². The molecule has 5 rings (SSSR count). The van der Waals surface area contributed by atoms with Crippen molar-refractivity contribution in [3.8, 4) is 22.1 Å². The quantitative estimate of drug-likeness (QED) is 0.144. The smallest absolute Gasteiger partial charge is 0.399 e. The molecule has 0 unspecified atom stereocenters. The molecule has 0 amide bonds. The highest BCUT2D eigenvalue weighted by Crippen LogP contribution is 2.60. The molecule has 0 aliphatic rings. The van der Waals surface area contributed by atoms with E-state index in [1.807, 2.05) is 0 Å². The lowest BCUT2D eigenvalue weighted by Gasteiger charge is -2.19. The fourth-order valence-corrected chi connectivity index (χ4v) is 7.31. The first kappa shape index (κ1) is 34.4. The summed E-state index contributed by atoms with van der Waals surface area (Å²) in [6.45, 7) is 0.0471. The molecule has 5 aromatic rings. The highest BCUT2D eigenvalue weighted by molar-refractivity contribution is 9.10. The van der Waals surface area contributed by atoms with Gasteiger partial charge in [-0.15, -0.1) is 0 Å². The van der Waals surface area contributed by atoms with Crippen LogP contribution in [0.5, 0.6) is 11.5 Å². The molecule has 0 saturated carbocycles. The van der Waals surface area contributed by atoms with Crippen molar-refractivity contribution in [1.29, 1.82) is 0 Å². The van der Waals surface area contributed by atoms with E-state index < -0.39 is 28.7 Å². The fourth-order valence-electron chi connectivity index (χ4n) is 4.10. The standard InChI is InChI=1S/C29H21BrCl2F2N3O6PS2/c1-46(41,42)22-7-3-6-21(15-22)43-20-5-2-4-18(13-20)27-36-37(28(45-27)35-19-9-11-25(31)26(32)14-19)16-17-8-10-23(24(30)12-17)29(33,34)44(38,39)40/h2-15H,16H2,1H3,(H2,38,39,40)/b35-28-. The highest BCUT2D eigenvalue weighted by atomic mass is 79.9. The average molecular weight is 791 g/mol. The Morgan fingerprint density at radius 1 is 1.00 bits per heavy atom. The van der Waals surface area contributed by atoms with Gasteiger partial charge in [-0.05, 0) is 60.2 Å². The molecule has 1 aromatic heterocycles. The van der Waals surface area contributed by atoms with Crippen LogP contribution in [-0.4, -0.2) is 34.2 Å². The Balaban J connectivity index is 1.54. The van der Waals surface area contributed by atoms with E-state index in [1.165, 1.54) is 40.3 Å². The number of sulfone groups is 1. The molecule has 240 valence electrons. The van der Waals surface area contributed by atoms with Crippen molar-refractivity contribution in [2.45, 2.75) is 17.1 Å². The predicted octanol–water partition coefficient (Wildman–Crippen LogP) is 8.38. The topological polar surface area (TPSA) is 131 Å². The van der Waals surface area contributed by atoms with Crippen LogP contribution in [0.4, 0.5) is 14.5 Å². The molecule has 2 N–H and O–H groups in total. The number of aromatic nitrogens is 2. The predicted molar refractivity (Wildman–Crippen MR) is 176 cm³/mol. The van der Waals surface area contributed by atoms with Gasteiger partial charge in [0, 0.05) is 21.9 Å². The van der Waals surface area contributed by atoms with Gasteiger partial charge in [0.15, 0.2) is 9.84 Å². The summed E-state index contributed by atoms with van der Waals surface area (Å²) < 4.78 is 71.4. The van der Waals surface area contributed by atoms with E-state index in [0.29, 0.717) is 43.1 Å². The first-order valence-electron chi connectivity index (χ1n) is 12.9. The Morgan fingerprint density at radius 3 is 2.35 bits per heavy atom. The zero-order valence-corrected chi connectivity index (χ0v) is 28.9. The van der Waals surface area contributed by atoms with Crippen molar-refractivity contribution < 1.29 is 36.3 Å². The van der Waals surface area contributed by atoms with Crippen molar-refractivity contribution in [2.24, 2.45) is 4.99 Å². The summed E-state index contributed by atoms with van der Waals surface area (Å²) in [6.07, 6.45) is 1.11. The lowest BCUT2D eigenvalue weighted by atomic mass is 10.1. The van der Waals surface area contributed by atoms with Gasteiger partial charge in [-0.2, -0.15) is 13.9 Å². The van der Waals surface area contributed by atoms with Crippen LogP contribution in [0.2, 0.25) is 10.0 Å². The minimum absolute atomic E-state index is 0.0471. The first-order chi connectivity index (χ1) is 21.5. The molecule has 0 fully saturated rings. The number of halogens is 5. The lowest BCUT2D eigenvalue weighted by Crippen LogP contribution is -2.18. The summed E-state index contributed by atoms with van der Waals surface area (Å²) in [5, 5.41) is 5.85. The number of hydrogen-bond donors (Lipinski definition) is 2. The van der Waals surface area contributed by atoms with E-state index in [4.69, 9.17) is 42.8 Å². The Kier molecular flexibility index (Phi) is 9.93. The second-order valence-electron chi connectivity index (χ2n) is 9.83. The maximum Gasteiger partial charge on any atom is 0.399 e. The van der Waals surface area contributed by atoms with Crippen LogP contribution in [0.1, 0.15) is 11.1 Å². The molecule has 1 heterocycles. The van der Waals surface area contributed by atoms with Crippen molar-refractivity contribution >= 4 is 73.6 Å². The average Bonchev–Trinajstić information content (AvgIpc) is 3.36. The Bertz CT molecular complexity index is 2190. The number of benzene rings is 4. The molecular weight excluding hydrogens is 770 g/mol. The Hall–Kier alpha value is -2.94. The van der Waals surface area contributed by atoms with E-state index >= 15 is 0 Å². The summed E-state index contributed by atoms with van der Waals surface area (Å²) in [6, 6.07) is 21.5. The molecule has 17 heteroatoms. The van der Waals surface area contributed by atoms with Crippen LogP contribution in [0.3, 0.4) is 0 Å². The summed E-state index contributed by atoms with van der Waals surface area (Å²) >= 11 is 16.5.